The Hall–Kier alpha value is -1.56. The number of rotatable bonds is 5. The first-order valence-electron chi connectivity index (χ1n) is 5.98. The maximum absolute atomic E-state index is 12.4. The Morgan fingerprint density at radius 3 is 2.21 bits per heavy atom. The summed E-state index contributed by atoms with van der Waals surface area (Å²) in [5.41, 5.74) is 5.19. The lowest BCUT2D eigenvalue weighted by molar-refractivity contribution is -0.137. The quantitative estimate of drug-likeness (QED) is 0.867. The molecule has 1 aromatic carbocycles. The monoisotopic (exact) mass is 274 g/mol. The molecule has 3 N–H and O–H groups in total. The van der Waals surface area contributed by atoms with E-state index in [0.29, 0.717) is 12.0 Å². The number of primary amides is 1. The zero-order valence-corrected chi connectivity index (χ0v) is 10.8. The summed E-state index contributed by atoms with van der Waals surface area (Å²) in [7, 11) is 0. The van der Waals surface area contributed by atoms with Gasteiger partial charge in [0.25, 0.3) is 0 Å². The number of carbonyl (C=O) groups is 1. The van der Waals surface area contributed by atoms with Crippen molar-refractivity contribution in [2.24, 2.45) is 5.73 Å². The Kier molecular flexibility index (Phi) is 4.94. The molecule has 1 aromatic rings. The molecular weight excluding hydrogens is 257 g/mol. The summed E-state index contributed by atoms with van der Waals surface area (Å²) in [6.45, 7) is 3.58. The molecule has 1 rings (SSSR count). The first kappa shape index (κ1) is 15.5. The first-order chi connectivity index (χ1) is 8.75. The van der Waals surface area contributed by atoms with Crippen LogP contribution in [0.1, 0.15) is 37.4 Å². The second kappa shape index (κ2) is 6.06. The van der Waals surface area contributed by atoms with Gasteiger partial charge in [0.2, 0.25) is 5.91 Å². The van der Waals surface area contributed by atoms with Gasteiger partial charge in [-0.15, -0.1) is 0 Å². The lowest BCUT2D eigenvalue weighted by atomic mass is 10.0. The number of alkyl halides is 3. The van der Waals surface area contributed by atoms with Crippen LogP contribution in [0.15, 0.2) is 24.3 Å². The van der Waals surface area contributed by atoms with Gasteiger partial charge >= 0.3 is 6.18 Å². The second-order valence-corrected chi connectivity index (χ2v) is 4.37. The molecular formula is C13H17F3N2O. The van der Waals surface area contributed by atoms with E-state index in [4.69, 9.17) is 5.73 Å². The molecule has 0 aliphatic carbocycles. The van der Waals surface area contributed by atoms with E-state index in [-0.39, 0.29) is 6.04 Å². The van der Waals surface area contributed by atoms with E-state index in [1.807, 2.05) is 6.92 Å². The molecule has 19 heavy (non-hydrogen) atoms. The minimum Gasteiger partial charge on any atom is -0.368 e. The normalized spacial score (nSPS) is 15.0. The van der Waals surface area contributed by atoms with Gasteiger partial charge in [-0.05, 0) is 31.0 Å². The van der Waals surface area contributed by atoms with Crippen molar-refractivity contribution in [2.45, 2.75) is 38.5 Å². The highest BCUT2D eigenvalue weighted by Crippen LogP contribution is 2.29. The zero-order chi connectivity index (χ0) is 14.6. The van der Waals surface area contributed by atoms with E-state index in [1.54, 1.807) is 6.92 Å². The third-order valence-electron chi connectivity index (χ3n) is 2.94. The van der Waals surface area contributed by atoms with Crippen LogP contribution >= 0.6 is 0 Å². The highest BCUT2D eigenvalue weighted by molar-refractivity contribution is 5.79. The average molecular weight is 274 g/mol. The summed E-state index contributed by atoms with van der Waals surface area (Å²) >= 11 is 0. The van der Waals surface area contributed by atoms with Gasteiger partial charge in [-0.2, -0.15) is 13.2 Å². The van der Waals surface area contributed by atoms with Gasteiger partial charge < -0.3 is 5.73 Å². The van der Waals surface area contributed by atoms with Gasteiger partial charge in [-0.3, -0.25) is 10.1 Å². The molecule has 0 bridgehead atoms. The third kappa shape index (κ3) is 4.24. The third-order valence-corrected chi connectivity index (χ3v) is 2.94. The van der Waals surface area contributed by atoms with E-state index in [2.05, 4.69) is 5.32 Å². The summed E-state index contributed by atoms with van der Waals surface area (Å²) in [5.74, 6) is -0.471. The average Bonchev–Trinajstić information content (AvgIpc) is 2.34. The Balaban J connectivity index is 2.78. The first-order valence-corrected chi connectivity index (χ1v) is 5.98. The molecule has 106 valence electrons. The molecule has 0 fully saturated rings. The largest absolute Gasteiger partial charge is 0.416 e. The van der Waals surface area contributed by atoms with Crippen LogP contribution in [-0.4, -0.2) is 11.9 Å². The van der Waals surface area contributed by atoms with Gasteiger partial charge in [0.1, 0.15) is 0 Å². The number of carbonyl (C=O) groups excluding carboxylic acids is 1. The van der Waals surface area contributed by atoms with Crippen LogP contribution in [0.2, 0.25) is 0 Å². The smallest absolute Gasteiger partial charge is 0.368 e. The number of benzene rings is 1. The van der Waals surface area contributed by atoms with E-state index in [9.17, 15) is 18.0 Å². The Morgan fingerprint density at radius 2 is 1.84 bits per heavy atom. The molecule has 2 atom stereocenters. The van der Waals surface area contributed by atoms with Crippen molar-refractivity contribution in [3.63, 3.8) is 0 Å². The second-order valence-electron chi connectivity index (χ2n) is 4.37. The minimum atomic E-state index is -4.34. The minimum absolute atomic E-state index is 0.250. The molecule has 0 radical (unpaired) electrons. The Bertz CT molecular complexity index is 429. The molecule has 1 amide bonds. The molecule has 0 aliphatic heterocycles. The number of nitrogens with two attached hydrogens (primary N) is 1. The number of amides is 1. The van der Waals surface area contributed by atoms with Crippen molar-refractivity contribution in [3.8, 4) is 0 Å². The predicted molar refractivity (Wildman–Crippen MR) is 66.3 cm³/mol. The van der Waals surface area contributed by atoms with Crippen LogP contribution in [-0.2, 0) is 11.0 Å². The number of nitrogens with one attached hydrogen (secondary N) is 1. The van der Waals surface area contributed by atoms with Gasteiger partial charge in [-0.25, -0.2) is 0 Å². The summed E-state index contributed by atoms with van der Waals surface area (Å²) < 4.78 is 37.2. The highest BCUT2D eigenvalue weighted by Gasteiger charge is 2.30. The van der Waals surface area contributed by atoms with Crippen molar-refractivity contribution in [1.29, 1.82) is 0 Å². The van der Waals surface area contributed by atoms with E-state index < -0.39 is 23.7 Å². The van der Waals surface area contributed by atoms with Crippen molar-refractivity contribution < 1.29 is 18.0 Å². The maximum Gasteiger partial charge on any atom is 0.416 e. The molecule has 0 spiro atoms. The topological polar surface area (TPSA) is 55.1 Å². The summed E-state index contributed by atoms with van der Waals surface area (Å²) in [5, 5.41) is 2.98. The summed E-state index contributed by atoms with van der Waals surface area (Å²) in [4.78, 5) is 11.1. The molecule has 3 nitrogen and oxygen atoms in total. The fraction of sp³-hybridized carbons (Fsp3) is 0.462. The molecule has 0 saturated carbocycles. The molecule has 0 saturated heterocycles. The predicted octanol–water partition coefficient (Wildman–Crippen LogP) is 2.62. The van der Waals surface area contributed by atoms with Crippen molar-refractivity contribution in [1.82, 2.24) is 5.32 Å². The molecule has 6 heteroatoms. The zero-order valence-electron chi connectivity index (χ0n) is 10.8. The molecule has 0 aromatic heterocycles. The lowest BCUT2D eigenvalue weighted by Gasteiger charge is -2.20. The van der Waals surface area contributed by atoms with Crippen molar-refractivity contribution >= 4 is 5.91 Å². The summed E-state index contributed by atoms with van der Waals surface area (Å²) in [6.07, 6.45) is -3.81. The van der Waals surface area contributed by atoms with E-state index >= 15 is 0 Å². The lowest BCUT2D eigenvalue weighted by Crippen LogP contribution is -2.41. The van der Waals surface area contributed by atoms with E-state index in [0.717, 1.165) is 12.1 Å². The van der Waals surface area contributed by atoms with Gasteiger partial charge in [0, 0.05) is 6.04 Å². The number of hydrogen-bond donors (Lipinski definition) is 2. The molecule has 0 unspecified atom stereocenters. The molecule has 0 heterocycles. The highest BCUT2D eigenvalue weighted by atomic mass is 19.4. The van der Waals surface area contributed by atoms with Crippen LogP contribution in [0.3, 0.4) is 0 Å². The van der Waals surface area contributed by atoms with Gasteiger partial charge in [0.15, 0.2) is 0 Å². The Labute approximate surface area is 110 Å². The van der Waals surface area contributed by atoms with Crippen LogP contribution in [0.5, 0.6) is 0 Å². The van der Waals surface area contributed by atoms with Crippen LogP contribution in [0, 0.1) is 0 Å². The maximum atomic E-state index is 12.4. The fourth-order valence-electron chi connectivity index (χ4n) is 1.76. The van der Waals surface area contributed by atoms with Crippen molar-refractivity contribution in [3.05, 3.63) is 35.4 Å². The Morgan fingerprint density at radius 1 is 1.32 bits per heavy atom. The van der Waals surface area contributed by atoms with Crippen LogP contribution in [0.4, 0.5) is 13.2 Å². The number of halogens is 3. The van der Waals surface area contributed by atoms with Crippen molar-refractivity contribution in [2.75, 3.05) is 0 Å². The van der Waals surface area contributed by atoms with Crippen LogP contribution < -0.4 is 11.1 Å². The molecule has 0 aliphatic rings. The fourth-order valence-corrected chi connectivity index (χ4v) is 1.76. The standard InChI is InChI=1S/C13H17F3N2O/c1-3-11(12(17)19)18-8(2)9-4-6-10(7-5-9)13(14,15)16/h4-8,11,18H,3H2,1-2H3,(H2,17,19)/t8-,11+/m0/s1. The van der Waals surface area contributed by atoms with Crippen LogP contribution in [0.25, 0.3) is 0 Å². The SMILES string of the molecule is CC[C@@H](N[C@@H](C)c1ccc(C(F)(F)F)cc1)C(N)=O. The van der Waals surface area contributed by atoms with Gasteiger partial charge in [0.05, 0.1) is 11.6 Å². The summed E-state index contributed by atoms with van der Waals surface area (Å²) in [6, 6.07) is 4.11. The van der Waals surface area contributed by atoms with Gasteiger partial charge in [-0.1, -0.05) is 19.1 Å². The van der Waals surface area contributed by atoms with E-state index in [1.165, 1.54) is 12.1 Å². The number of hydrogen-bond acceptors (Lipinski definition) is 2.